The lowest BCUT2D eigenvalue weighted by Crippen LogP contribution is -2.44. The van der Waals surface area contributed by atoms with Gasteiger partial charge >= 0.3 is 5.97 Å². The van der Waals surface area contributed by atoms with E-state index in [1.54, 1.807) is 34.0 Å². The van der Waals surface area contributed by atoms with Gasteiger partial charge in [-0.05, 0) is 42.7 Å². The predicted octanol–water partition coefficient (Wildman–Crippen LogP) is 3.17. The van der Waals surface area contributed by atoms with Crippen molar-refractivity contribution in [1.29, 1.82) is 0 Å². The zero-order valence-corrected chi connectivity index (χ0v) is 18.4. The maximum atomic E-state index is 12.1. The smallest absolute Gasteiger partial charge is 0.375 e. The number of Topliss-reactive ketones (excluding diaryl/α,β-unsaturated/α-hetero) is 3. The fourth-order valence-electron chi connectivity index (χ4n) is 3.32. The van der Waals surface area contributed by atoms with Crippen LogP contribution < -0.4 is 0 Å². The molecule has 0 radical (unpaired) electrons. The van der Waals surface area contributed by atoms with E-state index in [0.717, 1.165) is 6.42 Å². The lowest BCUT2D eigenvalue weighted by molar-refractivity contribution is -0.159. The van der Waals surface area contributed by atoms with Crippen LogP contribution in [-0.2, 0) is 33.4 Å². The van der Waals surface area contributed by atoms with Crippen molar-refractivity contribution in [3.8, 4) is 0 Å². The molecule has 0 aromatic rings. The summed E-state index contributed by atoms with van der Waals surface area (Å²) in [6, 6.07) is 0. The van der Waals surface area contributed by atoms with Gasteiger partial charge in [0.25, 0.3) is 5.78 Å². The van der Waals surface area contributed by atoms with Gasteiger partial charge in [0.1, 0.15) is 5.92 Å². The van der Waals surface area contributed by atoms with Crippen molar-refractivity contribution in [3.05, 3.63) is 23.7 Å². The Morgan fingerprint density at radius 1 is 1.00 bits per heavy atom. The molecule has 0 aromatic carbocycles. The Morgan fingerprint density at radius 2 is 1.55 bits per heavy atom. The van der Waals surface area contributed by atoms with Crippen molar-refractivity contribution < 1.29 is 33.4 Å². The van der Waals surface area contributed by atoms with Gasteiger partial charge in [-0.15, -0.1) is 0 Å². The van der Waals surface area contributed by atoms with Crippen molar-refractivity contribution in [3.63, 3.8) is 0 Å². The summed E-state index contributed by atoms with van der Waals surface area (Å²) in [5.41, 5.74) is -0.484. The third kappa shape index (κ3) is 6.27. The van der Waals surface area contributed by atoms with Crippen LogP contribution in [0.3, 0.4) is 0 Å². The molecule has 0 bridgehead atoms. The van der Waals surface area contributed by atoms with Gasteiger partial charge < -0.3 is 14.2 Å². The van der Waals surface area contributed by atoms with Crippen LogP contribution in [-0.4, -0.2) is 44.1 Å². The van der Waals surface area contributed by atoms with Gasteiger partial charge in [0.15, 0.2) is 17.3 Å². The molecule has 0 aliphatic heterocycles. The number of methoxy groups -OCH3 is 2. The summed E-state index contributed by atoms with van der Waals surface area (Å²) in [4.78, 5) is 46.8. The van der Waals surface area contributed by atoms with Crippen LogP contribution in [0.2, 0.25) is 0 Å². The molecule has 29 heavy (non-hydrogen) atoms. The van der Waals surface area contributed by atoms with E-state index in [9.17, 15) is 19.2 Å². The molecule has 0 aromatic heterocycles. The van der Waals surface area contributed by atoms with Gasteiger partial charge in [-0.2, -0.15) is 0 Å². The molecule has 162 valence electrons. The van der Waals surface area contributed by atoms with E-state index in [2.05, 4.69) is 18.6 Å². The normalized spacial score (nSPS) is 22.4. The van der Waals surface area contributed by atoms with Gasteiger partial charge in [0.2, 0.25) is 5.78 Å². The second-order valence-electron chi connectivity index (χ2n) is 8.59. The standard InChI is InChI=1S/C13H18O5.C9H14O2/c1-5-18-12(16)11(15)9-10(14)8(17-4)6-7-13(9,2)3;1-9(2)5-4-8(11-3)7(10)6-9/h6,9H,5,7H2,1-4H3;4H,5-6H2,1-3H3. The Hall–Kier alpha value is -2.44. The minimum atomic E-state index is -1.03. The summed E-state index contributed by atoms with van der Waals surface area (Å²) in [6.45, 7) is 9.45. The van der Waals surface area contributed by atoms with Crippen molar-refractivity contribution in [2.75, 3.05) is 20.8 Å². The molecular weight excluding hydrogens is 376 g/mol. The number of esters is 1. The molecule has 2 rings (SSSR count). The summed E-state index contributed by atoms with van der Waals surface area (Å²) in [6.07, 6.45) is 5.56. The summed E-state index contributed by atoms with van der Waals surface area (Å²) < 4.78 is 14.5. The second-order valence-corrected chi connectivity index (χ2v) is 8.59. The van der Waals surface area contributed by atoms with E-state index in [0.29, 0.717) is 18.6 Å². The van der Waals surface area contributed by atoms with Gasteiger partial charge in [-0.1, -0.05) is 27.7 Å². The number of hydrogen-bond acceptors (Lipinski definition) is 7. The van der Waals surface area contributed by atoms with Gasteiger partial charge in [0.05, 0.1) is 20.8 Å². The Labute approximate surface area is 172 Å². The molecule has 0 saturated carbocycles. The summed E-state index contributed by atoms with van der Waals surface area (Å²) in [5.74, 6) is -2.44. The number of ether oxygens (including phenoxy) is 3. The van der Waals surface area contributed by atoms with E-state index in [1.165, 1.54) is 7.11 Å². The van der Waals surface area contributed by atoms with Crippen LogP contribution in [0.15, 0.2) is 23.7 Å². The molecule has 0 heterocycles. The van der Waals surface area contributed by atoms with Gasteiger partial charge in [-0.3, -0.25) is 14.4 Å². The van der Waals surface area contributed by atoms with Crippen molar-refractivity contribution in [2.24, 2.45) is 16.7 Å². The Bertz CT molecular complexity index is 725. The molecule has 0 amide bonds. The first-order chi connectivity index (χ1) is 13.4. The maximum Gasteiger partial charge on any atom is 0.375 e. The third-order valence-electron chi connectivity index (χ3n) is 5.03. The third-order valence-corrected chi connectivity index (χ3v) is 5.03. The zero-order valence-electron chi connectivity index (χ0n) is 18.4. The monoisotopic (exact) mass is 408 g/mol. The summed E-state index contributed by atoms with van der Waals surface area (Å²) in [7, 11) is 2.91. The largest absolute Gasteiger partial charge is 0.493 e. The lowest BCUT2D eigenvalue weighted by atomic mass is 9.68. The SMILES string of the molecule is CCOC(=O)C(=O)C1C(=O)C(OC)=CCC1(C)C.COC1=CCC(C)(C)CC1=O. The highest BCUT2D eigenvalue weighted by molar-refractivity contribution is 6.39. The highest BCUT2D eigenvalue weighted by atomic mass is 16.5. The number of carbonyl (C=O) groups is 4. The molecule has 2 aliphatic rings. The number of rotatable bonds is 5. The molecular formula is C22H32O7. The first-order valence-electron chi connectivity index (χ1n) is 9.67. The van der Waals surface area contributed by atoms with E-state index < -0.39 is 28.9 Å². The first-order valence-corrected chi connectivity index (χ1v) is 9.67. The molecule has 0 saturated heterocycles. The molecule has 0 fully saturated rings. The van der Waals surface area contributed by atoms with E-state index in [1.807, 2.05) is 6.08 Å². The zero-order chi connectivity index (χ0) is 22.4. The fourth-order valence-corrected chi connectivity index (χ4v) is 3.32. The van der Waals surface area contributed by atoms with Crippen LogP contribution in [0.1, 0.15) is 53.9 Å². The van der Waals surface area contributed by atoms with E-state index >= 15 is 0 Å². The molecule has 1 atom stereocenters. The van der Waals surface area contributed by atoms with Crippen LogP contribution in [0.5, 0.6) is 0 Å². The minimum Gasteiger partial charge on any atom is -0.493 e. The Morgan fingerprint density at radius 3 is 2.03 bits per heavy atom. The molecule has 2 aliphatic carbocycles. The molecule has 0 N–H and O–H groups in total. The Kier molecular flexibility index (Phi) is 8.36. The van der Waals surface area contributed by atoms with Crippen LogP contribution in [0, 0.1) is 16.7 Å². The highest BCUT2D eigenvalue weighted by Gasteiger charge is 2.47. The summed E-state index contributed by atoms with van der Waals surface area (Å²) in [5, 5.41) is 0. The van der Waals surface area contributed by atoms with Crippen LogP contribution >= 0.6 is 0 Å². The molecule has 7 heteroatoms. The second kappa shape index (κ2) is 9.85. The number of hydrogen-bond donors (Lipinski definition) is 0. The van der Waals surface area contributed by atoms with Crippen LogP contribution in [0.25, 0.3) is 0 Å². The minimum absolute atomic E-state index is 0.110. The molecule has 1 unspecified atom stereocenters. The topological polar surface area (TPSA) is 96.0 Å². The van der Waals surface area contributed by atoms with Gasteiger partial charge in [0, 0.05) is 6.42 Å². The maximum absolute atomic E-state index is 12.1. The molecule has 7 nitrogen and oxygen atoms in total. The van der Waals surface area contributed by atoms with Gasteiger partial charge in [-0.25, -0.2) is 4.79 Å². The quantitative estimate of drug-likeness (QED) is 0.392. The molecule has 0 spiro atoms. The number of allylic oxidation sites excluding steroid dienone is 4. The predicted molar refractivity (Wildman–Crippen MR) is 107 cm³/mol. The van der Waals surface area contributed by atoms with E-state index in [4.69, 9.17) is 9.47 Å². The summed E-state index contributed by atoms with van der Waals surface area (Å²) >= 11 is 0. The lowest BCUT2D eigenvalue weighted by Gasteiger charge is -2.34. The van der Waals surface area contributed by atoms with Crippen molar-refractivity contribution >= 4 is 23.3 Å². The fraction of sp³-hybridized carbons (Fsp3) is 0.636. The highest BCUT2D eigenvalue weighted by Crippen LogP contribution is 2.38. The average Bonchev–Trinajstić information content (AvgIpc) is 2.61. The Balaban J connectivity index is 0.000000326. The van der Waals surface area contributed by atoms with Crippen molar-refractivity contribution in [1.82, 2.24) is 0 Å². The first kappa shape index (κ1) is 24.6. The number of carbonyl (C=O) groups excluding carboxylic acids is 4. The van der Waals surface area contributed by atoms with E-state index in [-0.39, 0.29) is 23.6 Å². The van der Waals surface area contributed by atoms with Crippen molar-refractivity contribution in [2.45, 2.75) is 53.9 Å². The average molecular weight is 408 g/mol. The van der Waals surface area contributed by atoms with Crippen LogP contribution in [0.4, 0.5) is 0 Å². The number of ketones is 3.